The van der Waals surface area contributed by atoms with Gasteiger partial charge in [-0.05, 0) is 12.1 Å². The summed E-state index contributed by atoms with van der Waals surface area (Å²) in [6.07, 6.45) is 1.50. The van der Waals surface area contributed by atoms with Gasteiger partial charge in [-0.2, -0.15) is 0 Å². The van der Waals surface area contributed by atoms with Crippen LogP contribution in [0, 0.1) is 0 Å². The minimum atomic E-state index is -0.491. The summed E-state index contributed by atoms with van der Waals surface area (Å²) in [5.41, 5.74) is 0.286. The van der Waals surface area contributed by atoms with Crippen molar-refractivity contribution in [2.45, 2.75) is 0 Å². The van der Waals surface area contributed by atoms with Crippen molar-refractivity contribution in [3.63, 3.8) is 0 Å². The number of hydrogen-bond donors (Lipinski definition) is 0. The van der Waals surface area contributed by atoms with E-state index in [4.69, 9.17) is 14.2 Å². The Labute approximate surface area is 94.4 Å². The van der Waals surface area contributed by atoms with Crippen molar-refractivity contribution >= 4 is 5.97 Å². The number of ether oxygens (including phenoxy) is 3. The van der Waals surface area contributed by atoms with Gasteiger partial charge in [-0.1, -0.05) is 18.7 Å². The number of methoxy groups -OCH3 is 2. The van der Waals surface area contributed by atoms with Crippen LogP contribution in [0.4, 0.5) is 0 Å². The van der Waals surface area contributed by atoms with Gasteiger partial charge in [0.05, 0.1) is 14.2 Å². The third-order valence-electron chi connectivity index (χ3n) is 1.96. The number of carbonyl (C=O) groups is 1. The Morgan fingerprint density at radius 1 is 1.31 bits per heavy atom. The molecule has 4 nitrogen and oxygen atoms in total. The van der Waals surface area contributed by atoms with E-state index in [2.05, 4.69) is 6.58 Å². The van der Waals surface area contributed by atoms with E-state index < -0.39 is 5.97 Å². The Bertz CT molecular complexity index is 362. The zero-order valence-corrected chi connectivity index (χ0v) is 9.36. The lowest BCUT2D eigenvalue weighted by Gasteiger charge is -2.11. The van der Waals surface area contributed by atoms with E-state index in [-0.39, 0.29) is 12.2 Å². The number of hydrogen-bond acceptors (Lipinski definition) is 4. The van der Waals surface area contributed by atoms with Crippen molar-refractivity contribution in [3.05, 3.63) is 36.4 Å². The molecule has 0 aliphatic rings. The monoisotopic (exact) mass is 222 g/mol. The van der Waals surface area contributed by atoms with Crippen molar-refractivity contribution in [2.24, 2.45) is 0 Å². The van der Waals surface area contributed by atoms with Crippen molar-refractivity contribution in [3.8, 4) is 11.5 Å². The highest BCUT2D eigenvalue weighted by Crippen LogP contribution is 2.28. The van der Waals surface area contributed by atoms with E-state index >= 15 is 0 Å². The van der Waals surface area contributed by atoms with Crippen LogP contribution < -0.4 is 9.47 Å². The standard InChI is InChI=1S/C12H14O4/c1-4-8-16-12(13)11-9(14-2)6-5-7-10(11)15-3/h4-7H,1,8H2,2-3H3. The first-order valence-corrected chi connectivity index (χ1v) is 4.73. The van der Waals surface area contributed by atoms with E-state index in [0.29, 0.717) is 11.5 Å². The van der Waals surface area contributed by atoms with Crippen LogP contribution in [0.2, 0.25) is 0 Å². The quantitative estimate of drug-likeness (QED) is 0.565. The molecule has 4 heteroatoms. The molecule has 0 saturated heterocycles. The first-order chi connectivity index (χ1) is 7.74. The Balaban J connectivity index is 3.07. The fraction of sp³-hybridized carbons (Fsp3) is 0.250. The van der Waals surface area contributed by atoms with Crippen LogP contribution in [0.3, 0.4) is 0 Å². The summed E-state index contributed by atoms with van der Waals surface area (Å²) in [4.78, 5) is 11.7. The molecule has 0 bridgehead atoms. The molecule has 16 heavy (non-hydrogen) atoms. The summed E-state index contributed by atoms with van der Waals surface area (Å²) in [5.74, 6) is 0.357. The Morgan fingerprint density at radius 2 is 1.88 bits per heavy atom. The molecule has 0 spiro atoms. The minimum Gasteiger partial charge on any atom is -0.496 e. The lowest BCUT2D eigenvalue weighted by molar-refractivity contribution is 0.0542. The molecule has 0 fully saturated rings. The lowest BCUT2D eigenvalue weighted by atomic mass is 10.2. The lowest BCUT2D eigenvalue weighted by Crippen LogP contribution is -2.09. The molecule has 0 aromatic heterocycles. The van der Waals surface area contributed by atoms with Crippen LogP contribution in [0.5, 0.6) is 11.5 Å². The second kappa shape index (κ2) is 5.80. The fourth-order valence-electron chi connectivity index (χ4n) is 1.26. The van der Waals surface area contributed by atoms with Gasteiger partial charge in [0.15, 0.2) is 0 Å². The van der Waals surface area contributed by atoms with Gasteiger partial charge < -0.3 is 14.2 Å². The molecule has 1 aromatic rings. The highest BCUT2D eigenvalue weighted by molar-refractivity contribution is 5.95. The zero-order chi connectivity index (χ0) is 12.0. The number of benzene rings is 1. The van der Waals surface area contributed by atoms with Gasteiger partial charge in [-0.3, -0.25) is 0 Å². The second-order valence-electron chi connectivity index (χ2n) is 2.92. The molecule has 0 heterocycles. The molecule has 1 aromatic carbocycles. The molecule has 0 unspecified atom stereocenters. The summed E-state index contributed by atoms with van der Waals surface area (Å²) < 4.78 is 15.1. The van der Waals surface area contributed by atoms with Gasteiger partial charge in [0, 0.05) is 0 Å². The smallest absolute Gasteiger partial charge is 0.346 e. The van der Waals surface area contributed by atoms with Gasteiger partial charge in [0.2, 0.25) is 0 Å². The van der Waals surface area contributed by atoms with E-state index in [1.165, 1.54) is 20.3 Å². The van der Waals surface area contributed by atoms with Crippen molar-refractivity contribution < 1.29 is 19.0 Å². The molecule has 0 radical (unpaired) electrons. The SMILES string of the molecule is C=CCOC(=O)c1c(OC)cccc1OC. The minimum absolute atomic E-state index is 0.153. The number of rotatable bonds is 5. The van der Waals surface area contributed by atoms with E-state index in [1.54, 1.807) is 18.2 Å². The summed E-state index contributed by atoms with van der Waals surface area (Å²) in [6, 6.07) is 5.09. The number of carbonyl (C=O) groups excluding carboxylic acids is 1. The van der Waals surface area contributed by atoms with Crippen LogP contribution >= 0.6 is 0 Å². The summed E-state index contributed by atoms with van der Waals surface area (Å²) >= 11 is 0. The average molecular weight is 222 g/mol. The molecule has 0 saturated carbocycles. The first-order valence-electron chi connectivity index (χ1n) is 4.73. The van der Waals surface area contributed by atoms with Gasteiger partial charge >= 0.3 is 5.97 Å². The maximum atomic E-state index is 11.7. The molecule has 0 aliphatic heterocycles. The van der Waals surface area contributed by atoms with Gasteiger partial charge in [-0.25, -0.2) is 4.79 Å². The highest BCUT2D eigenvalue weighted by atomic mass is 16.5. The molecular weight excluding hydrogens is 208 g/mol. The summed E-state index contributed by atoms with van der Waals surface area (Å²) in [6.45, 7) is 3.62. The normalized spacial score (nSPS) is 9.38. The zero-order valence-electron chi connectivity index (χ0n) is 9.36. The molecule has 86 valence electrons. The van der Waals surface area contributed by atoms with Crippen molar-refractivity contribution in [2.75, 3.05) is 20.8 Å². The first kappa shape index (κ1) is 12.1. The van der Waals surface area contributed by atoms with E-state index in [9.17, 15) is 4.79 Å². The highest BCUT2D eigenvalue weighted by Gasteiger charge is 2.18. The molecule has 0 aliphatic carbocycles. The molecule has 0 amide bonds. The maximum absolute atomic E-state index is 11.7. The number of esters is 1. The molecule has 1 rings (SSSR count). The van der Waals surface area contributed by atoms with Gasteiger partial charge in [0.25, 0.3) is 0 Å². The van der Waals surface area contributed by atoms with Crippen molar-refractivity contribution in [1.82, 2.24) is 0 Å². The molecule has 0 N–H and O–H groups in total. The largest absolute Gasteiger partial charge is 0.496 e. The van der Waals surface area contributed by atoms with Gasteiger partial charge in [0.1, 0.15) is 23.7 Å². The predicted molar refractivity (Wildman–Crippen MR) is 60.0 cm³/mol. The Morgan fingerprint density at radius 3 is 2.31 bits per heavy atom. The summed E-state index contributed by atoms with van der Waals surface area (Å²) in [7, 11) is 2.97. The van der Waals surface area contributed by atoms with Crippen molar-refractivity contribution in [1.29, 1.82) is 0 Å². The molecule has 0 atom stereocenters. The third kappa shape index (κ3) is 2.53. The Kier molecular flexibility index (Phi) is 4.39. The Hall–Kier alpha value is -1.97. The maximum Gasteiger partial charge on any atom is 0.346 e. The van der Waals surface area contributed by atoms with E-state index in [1.807, 2.05) is 0 Å². The van der Waals surface area contributed by atoms with Crippen LogP contribution in [-0.4, -0.2) is 26.8 Å². The van der Waals surface area contributed by atoms with Crippen LogP contribution in [-0.2, 0) is 4.74 Å². The summed E-state index contributed by atoms with van der Waals surface area (Å²) in [5, 5.41) is 0. The van der Waals surface area contributed by atoms with Crippen LogP contribution in [0.25, 0.3) is 0 Å². The second-order valence-corrected chi connectivity index (χ2v) is 2.92. The topological polar surface area (TPSA) is 44.8 Å². The fourth-order valence-corrected chi connectivity index (χ4v) is 1.26. The molecular formula is C12H14O4. The van der Waals surface area contributed by atoms with Gasteiger partial charge in [-0.15, -0.1) is 0 Å². The average Bonchev–Trinajstić information content (AvgIpc) is 2.34. The van der Waals surface area contributed by atoms with Crippen LogP contribution in [0.1, 0.15) is 10.4 Å². The predicted octanol–water partition coefficient (Wildman–Crippen LogP) is 2.05. The third-order valence-corrected chi connectivity index (χ3v) is 1.96. The van der Waals surface area contributed by atoms with Crippen LogP contribution in [0.15, 0.2) is 30.9 Å². The van der Waals surface area contributed by atoms with E-state index in [0.717, 1.165) is 0 Å².